The minimum Gasteiger partial charge on any atom is -0.376 e. The Balaban J connectivity index is 2.28. The van der Waals surface area contributed by atoms with Crippen LogP contribution in [0.3, 0.4) is 0 Å². The first-order chi connectivity index (χ1) is 9.02. The van der Waals surface area contributed by atoms with E-state index in [2.05, 4.69) is 12.2 Å². The molecule has 1 fully saturated rings. The largest absolute Gasteiger partial charge is 0.376 e. The fourth-order valence-electron chi connectivity index (χ4n) is 2.98. The van der Waals surface area contributed by atoms with E-state index in [0.717, 1.165) is 24.0 Å². The van der Waals surface area contributed by atoms with Gasteiger partial charge in [0.05, 0.1) is 4.92 Å². The first-order valence-electron chi connectivity index (χ1n) is 7.05. The Morgan fingerprint density at radius 3 is 2.63 bits per heavy atom. The van der Waals surface area contributed by atoms with Crippen molar-refractivity contribution in [2.45, 2.75) is 52.5 Å². The molecule has 1 aliphatic carbocycles. The molecule has 1 N–H and O–H groups in total. The normalized spacial score (nSPS) is 22.5. The molecule has 0 heterocycles. The Kier molecular flexibility index (Phi) is 4.08. The minimum atomic E-state index is -0.287. The van der Waals surface area contributed by atoms with E-state index in [1.807, 2.05) is 19.9 Å². The van der Waals surface area contributed by atoms with Crippen LogP contribution in [0.5, 0.6) is 0 Å². The summed E-state index contributed by atoms with van der Waals surface area (Å²) in [6, 6.07) is 3.97. The molecule has 0 radical (unpaired) electrons. The third kappa shape index (κ3) is 2.88. The molecule has 4 heteroatoms. The fourth-order valence-corrected chi connectivity index (χ4v) is 2.98. The number of nitrogens with zero attached hydrogens (tertiary/aromatic N) is 1. The van der Waals surface area contributed by atoms with Crippen molar-refractivity contribution in [3.8, 4) is 0 Å². The van der Waals surface area contributed by atoms with Gasteiger partial charge in [0.2, 0.25) is 0 Å². The minimum absolute atomic E-state index is 0.199. The summed E-state index contributed by atoms with van der Waals surface area (Å²) in [5.74, 6) is 0.640. The molecule has 0 amide bonds. The van der Waals surface area contributed by atoms with Gasteiger partial charge in [-0.05, 0) is 49.8 Å². The van der Waals surface area contributed by atoms with E-state index in [-0.39, 0.29) is 10.6 Å². The fraction of sp³-hybridized carbons (Fsp3) is 0.600. The predicted octanol–water partition coefficient (Wildman–Crippen LogP) is 4.20. The number of nitro groups is 1. The standard InChI is InChI=1S/C15H22N2O2/c1-4-12-6-5-7-13(12)16-14-8-10(2)11(3)9-15(14)17(18)19/h8-9,12-13,16H,4-7H2,1-3H3. The van der Waals surface area contributed by atoms with Crippen LogP contribution in [0, 0.1) is 29.9 Å². The van der Waals surface area contributed by atoms with Gasteiger partial charge in [0.1, 0.15) is 5.69 Å². The number of anilines is 1. The van der Waals surface area contributed by atoms with Crippen LogP contribution in [0.1, 0.15) is 43.7 Å². The van der Waals surface area contributed by atoms with E-state index in [1.165, 1.54) is 12.8 Å². The lowest BCUT2D eigenvalue weighted by Crippen LogP contribution is -2.24. The van der Waals surface area contributed by atoms with Crippen molar-refractivity contribution in [3.05, 3.63) is 33.4 Å². The third-order valence-corrected chi connectivity index (χ3v) is 4.33. The molecule has 1 aromatic rings. The lowest BCUT2D eigenvalue weighted by molar-refractivity contribution is -0.384. The average molecular weight is 262 g/mol. The number of hydrogen-bond donors (Lipinski definition) is 1. The molecule has 0 aromatic heterocycles. The number of aryl methyl sites for hydroxylation is 2. The summed E-state index contributed by atoms with van der Waals surface area (Å²) < 4.78 is 0. The Bertz CT molecular complexity index is 485. The SMILES string of the molecule is CCC1CCCC1Nc1cc(C)c(C)cc1[N+](=O)[O-]. The topological polar surface area (TPSA) is 55.2 Å². The first kappa shape index (κ1) is 13.8. The number of nitro benzene ring substituents is 1. The van der Waals surface area contributed by atoms with Gasteiger partial charge in [-0.25, -0.2) is 0 Å². The number of nitrogens with one attached hydrogen (secondary N) is 1. The Labute approximate surface area is 114 Å². The molecule has 1 aromatic carbocycles. The third-order valence-electron chi connectivity index (χ3n) is 4.33. The van der Waals surface area contributed by atoms with Gasteiger partial charge >= 0.3 is 0 Å². The number of hydrogen-bond acceptors (Lipinski definition) is 3. The highest BCUT2D eigenvalue weighted by molar-refractivity contribution is 5.65. The van der Waals surface area contributed by atoms with E-state index in [0.29, 0.717) is 17.6 Å². The number of rotatable bonds is 4. The summed E-state index contributed by atoms with van der Waals surface area (Å²) in [5.41, 5.74) is 2.94. The highest BCUT2D eigenvalue weighted by Gasteiger charge is 2.27. The smallest absolute Gasteiger partial charge is 0.292 e. The molecule has 2 atom stereocenters. The highest BCUT2D eigenvalue weighted by atomic mass is 16.6. The molecule has 2 rings (SSSR count). The summed E-state index contributed by atoms with van der Waals surface area (Å²) in [5, 5.41) is 14.6. The van der Waals surface area contributed by atoms with E-state index in [4.69, 9.17) is 0 Å². The zero-order chi connectivity index (χ0) is 14.0. The molecule has 19 heavy (non-hydrogen) atoms. The molecule has 104 valence electrons. The molecular weight excluding hydrogens is 240 g/mol. The van der Waals surface area contributed by atoms with Crippen molar-refractivity contribution < 1.29 is 4.92 Å². The van der Waals surface area contributed by atoms with Crippen LogP contribution in [-0.4, -0.2) is 11.0 Å². The summed E-state index contributed by atoms with van der Waals surface area (Å²) >= 11 is 0. The maximum absolute atomic E-state index is 11.2. The van der Waals surface area contributed by atoms with Crippen molar-refractivity contribution >= 4 is 11.4 Å². The van der Waals surface area contributed by atoms with Crippen molar-refractivity contribution in [1.82, 2.24) is 0 Å². The molecule has 0 bridgehead atoms. The van der Waals surface area contributed by atoms with Gasteiger partial charge in [-0.2, -0.15) is 0 Å². The summed E-state index contributed by atoms with van der Waals surface area (Å²) in [4.78, 5) is 10.9. The predicted molar refractivity (Wildman–Crippen MR) is 77.6 cm³/mol. The Morgan fingerprint density at radius 2 is 2.00 bits per heavy atom. The maximum Gasteiger partial charge on any atom is 0.292 e. The van der Waals surface area contributed by atoms with Gasteiger partial charge in [0, 0.05) is 12.1 Å². The van der Waals surface area contributed by atoms with Gasteiger partial charge in [-0.15, -0.1) is 0 Å². The van der Waals surface area contributed by atoms with Gasteiger partial charge < -0.3 is 5.32 Å². The lowest BCUT2D eigenvalue weighted by atomic mass is 9.99. The van der Waals surface area contributed by atoms with E-state index in [9.17, 15) is 10.1 Å². The maximum atomic E-state index is 11.2. The zero-order valence-electron chi connectivity index (χ0n) is 11.9. The van der Waals surface area contributed by atoms with Crippen LogP contribution in [0.2, 0.25) is 0 Å². The van der Waals surface area contributed by atoms with E-state index >= 15 is 0 Å². The van der Waals surface area contributed by atoms with Gasteiger partial charge in [-0.3, -0.25) is 10.1 Å². The van der Waals surface area contributed by atoms with Gasteiger partial charge in [0.15, 0.2) is 0 Å². The van der Waals surface area contributed by atoms with Crippen LogP contribution in [0.15, 0.2) is 12.1 Å². The monoisotopic (exact) mass is 262 g/mol. The second kappa shape index (κ2) is 5.59. The average Bonchev–Trinajstić information content (AvgIpc) is 2.80. The second-order valence-electron chi connectivity index (χ2n) is 5.56. The Hall–Kier alpha value is -1.58. The molecule has 4 nitrogen and oxygen atoms in total. The molecule has 1 aliphatic rings. The Morgan fingerprint density at radius 1 is 1.32 bits per heavy atom. The second-order valence-corrected chi connectivity index (χ2v) is 5.56. The van der Waals surface area contributed by atoms with E-state index in [1.54, 1.807) is 6.07 Å². The number of benzene rings is 1. The van der Waals surface area contributed by atoms with Crippen molar-refractivity contribution in [2.24, 2.45) is 5.92 Å². The van der Waals surface area contributed by atoms with Gasteiger partial charge in [0.25, 0.3) is 5.69 Å². The summed E-state index contributed by atoms with van der Waals surface area (Å²) in [6.45, 7) is 6.10. The van der Waals surface area contributed by atoms with Crippen molar-refractivity contribution in [3.63, 3.8) is 0 Å². The molecule has 2 unspecified atom stereocenters. The van der Waals surface area contributed by atoms with Crippen LogP contribution in [0.25, 0.3) is 0 Å². The van der Waals surface area contributed by atoms with Crippen LogP contribution >= 0.6 is 0 Å². The van der Waals surface area contributed by atoms with Crippen LogP contribution in [-0.2, 0) is 0 Å². The van der Waals surface area contributed by atoms with Gasteiger partial charge in [-0.1, -0.05) is 19.8 Å². The molecule has 0 saturated heterocycles. The summed E-state index contributed by atoms with van der Waals surface area (Å²) in [6.07, 6.45) is 4.69. The van der Waals surface area contributed by atoms with Crippen LogP contribution in [0.4, 0.5) is 11.4 Å². The van der Waals surface area contributed by atoms with Crippen molar-refractivity contribution in [2.75, 3.05) is 5.32 Å². The molecule has 0 aliphatic heterocycles. The van der Waals surface area contributed by atoms with E-state index < -0.39 is 0 Å². The molecule has 0 spiro atoms. The first-order valence-corrected chi connectivity index (χ1v) is 7.05. The molecular formula is C15H22N2O2. The summed E-state index contributed by atoms with van der Waals surface area (Å²) in [7, 11) is 0. The zero-order valence-corrected chi connectivity index (χ0v) is 11.9. The van der Waals surface area contributed by atoms with Crippen LogP contribution < -0.4 is 5.32 Å². The van der Waals surface area contributed by atoms with Crippen molar-refractivity contribution in [1.29, 1.82) is 0 Å². The quantitative estimate of drug-likeness (QED) is 0.653. The highest BCUT2D eigenvalue weighted by Crippen LogP contribution is 2.34. The lowest BCUT2D eigenvalue weighted by Gasteiger charge is -2.21. The molecule has 1 saturated carbocycles.